The summed E-state index contributed by atoms with van der Waals surface area (Å²) in [5.41, 5.74) is 8.94. The molecule has 0 unspecified atom stereocenters. The Morgan fingerprint density at radius 3 is 2.56 bits per heavy atom. The molecule has 166 valence electrons. The predicted molar refractivity (Wildman–Crippen MR) is 127 cm³/mol. The Hall–Kier alpha value is -3.81. The summed E-state index contributed by atoms with van der Waals surface area (Å²) in [4.78, 5) is 13.5. The van der Waals surface area contributed by atoms with Crippen molar-refractivity contribution in [2.45, 2.75) is 6.54 Å². The minimum Gasteiger partial charge on any atom is -0.497 e. The van der Waals surface area contributed by atoms with E-state index in [0.29, 0.717) is 12.5 Å². The van der Waals surface area contributed by atoms with E-state index >= 15 is 0 Å². The molecular formula is C24H27FN6O. The van der Waals surface area contributed by atoms with Crippen LogP contribution in [-0.2, 0) is 6.54 Å². The largest absolute Gasteiger partial charge is 0.497 e. The Bertz CT molecular complexity index is 1060. The summed E-state index contributed by atoms with van der Waals surface area (Å²) < 4.78 is 18.4. The number of halogens is 1. The van der Waals surface area contributed by atoms with Gasteiger partial charge in [0, 0.05) is 49.8 Å². The first-order valence-electron chi connectivity index (χ1n) is 10.5. The normalized spacial score (nSPS) is 14.4. The number of rotatable bonds is 6. The average molecular weight is 435 g/mol. The molecular weight excluding hydrogens is 407 g/mol. The summed E-state index contributed by atoms with van der Waals surface area (Å²) >= 11 is 0. The second-order valence-electron chi connectivity index (χ2n) is 7.53. The van der Waals surface area contributed by atoms with Crippen LogP contribution in [0, 0.1) is 5.82 Å². The lowest BCUT2D eigenvalue weighted by Crippen LogP contribution is -2.46. The first kappa shape index (κ1) is 21.4. The highest BCUT2D eigenvalue weighted by Gasteiger charge is 2.18. The third-order valence-electron chi connectivity index (χ3n) is 5.38. The Morgan fingerprint density at radius 1 is 1.06 bits per heavy atom. The van der Waals surface area contributed by atoms with Crippen LogP contribution in [0.2, 0.25) is 0 Å². The molecule has 0 aliphatic carbocycles. The number of benzene rings is 2. The van der Waals surface area contributed by atoms with Gasteiger partial charge in [-0.2, -0.15) is 0 Å². The fraction of sp³-hybridized carbons (Fsp3) is 0.250. The minimum absolute atomic E-state index is 0.213. The average Bonchev–Trinajstić information content (AvgIpc) is 2.84. The third-order valence-corrected chi connectivity index (χ3v) is 5.38. The SMILES string of the molecule is COc1cccc(NC(N)=NCc2ccnc(N3CCN(c4ccc(F)cc4)CC3)c2)c1. The molecule has 4 rings (SSSR count). The van der Waals surface area contributed by atoms with Gasteiger partial charge < -0.3 is 25.6 Å². The Balaban J connectivity index is 1.34. The molecule has 1 saturated heterocycles. The van der Waals surface area contributed by atoms with E-state index in [-0.39, 0.29) is 5.82 Å². The van der Waals surface area contributed by atoms with Gasteiger partial charge in [0.1, 0.15) is 17.4 Å². The number of ether oxygens (including phenoxy) is 1. The lowest BCUT2D eigenvalue weighted by atomic mass is 10.2. The van der Waals surface area contributed by atoms with Crippen LogP contribution in [0.1, 0.15) is 5.56 Å². The maximum atomic E-state index is 13.2. The van der Waals surface area contributed by atoms with Gasteiger partial charge in [0.25, 0.3) is 0 Å². The molecule has 7 nitrogen and oxygen atoms in total. The van der Waals surface area contributed by atoms with E-state index in [1.165, 1.54) is 12.1 Å². The fourth-order valence-corrected chi connectivity index (χ4v) is 3.64. The van der Waals surface area contributed by atoms with Crippen LogP contribution in [0.5, 0.6) is 5.75 Å². The zero-order valence-electron chi connectivity index (χ0n) is 18.0. The van der Waals surface area contributed by atoms with Crippen LogP contribution in [-0.4, -0.2) is 44.2 Å². The van der Waals surface area contributed by atoms with Gasteiger partial charge in [-0.05, 0) is 54.1 Å². The number of hydrogen-bond acceptors (Lipinski definition) is 5. The molecule has 0 spiro atoms. The monoisotopic (exact) mass is 434 g/mol. The summed E-state index contributed by atoms with van der Waals surface area (Å²) in [7, 11) is 1.63. The van der Waals surface area contributed by atoms with Crippen LogP contribution in [0.15, 0.2) is 71.9 Å². The van der Waals surface area contributed by atoms with Crippen molar-refractivity contribution in [3.8, 4) is 5.75 Å². The Kier molecular flexibility index (Phi) is 6.69. The Labute approximate surface area is 187 Å². The minimum atomic E-state index is -0.213. The highest BCUT2D eigenvalue weighted by Crippen LogP contribution is 2.21. The first-order valence-corrected chi connectivity index (χ1v) is 10.5. The first-order chi connectivity index (χ1) is 15.6. The number of nitrogens with one attached hydrogen (secondary N) is 1. The number of hydrogen-bond donors (Lipinski definition) is 2. The zero-order chi connectivity index (χ0) is 22.3. The molecule has 3 aromatic rings. The molecule has 1 fully saturated rings. The van der Waals surface area contributed by atoms with Crippen molar-refractivity contribution in [3.05, 3.63) is 78.2 Å². The number of aliphatic imine (C=N–C) groups is 1. The number of pyridine rings is 1. The maximum Gasteiger partial charge on any atom is 0.193 e. The molecule has 0 radical (unpaired) electrons. The smallest absolute Gasteiger partial charge is 0.193 e. The highest BCUT2D eigenvalue weighted by molar-refractivity contribution is 5.92. The van der Waals surface area contributed by atoms with Gasteiger partial charge in [-0.15, -0.1) is 0 Å². The number of piperazine rings is 1. The predicted octanol–water partition coefficient (Wildman–Crippen LogP) is 3.48. The molecule has 3 N–H and O–H groups in total. The number of guanidine groups is 1. The highest BCUT2D eigenvalue weighted by atomic mass is 19.1. The van der Waals surface area contributed by atoms with E-state index in [1.54, 1.807) is 13.3 Å². The number of aromatic nitrogens is 1. The van der Waals surface area contributed by atoms with Gasteiger partial charge in [0.15, 0.2) is 5.96 Å². The van der Waals surface area contributed by atoms with Gasteiger partial charge in [0.2, 0.25) is 0 Å². The van der Waals surface area contributed by atoms with Crippen molar-refractivity contribution in [1.82, 2.24) is 4.98 Å². The fourth-order valence-electron chi connectivity index (χ4n) is 3.64. The third kappa shape index (κ3) is 5.46. The van der Waals surface area contributed by atoms with E-state index in [9.17, 15) is 4.39 Å². The number of methoxy groups -OCH3 is 1. The molecule has 1 aliphatic rings. The molecule has 1 aliphatic heterocycles. The standard InChI is InChI=1S/C24H27FN6O/c1-32-22-4-2-3-20(16-22)29-24(26)28-17-18-9-10-27-23(15-18)31-13-11-30(12-14-31)21-7-5-19(25)6-8-21/h2-10,15-16H,11-14,17H2,1H3,(H3,26,28,29). The van der Waals surface area contributed by atoms with Crippen LogP contribution < -0.4 is 25.6 Å². The lowest BCUT2D eigenvalue weighted by Gasteiger charge is -2.36. The second-order valence-corrected chi connectivity index (χ2v) is 7.53. The molecule has 0 saturated carbocycles. The molecule has 8 heteroatoms. The van der Waals surface area contributed by atoms with Gasteiger partial charge in [-0.3, -0.25) is 0 Å². The van der Waals surface area contributed by atoms with E-state index in [2.05, 4.69) is 31.2 Å². The van der Waals surface area contributed by atoms with E-state index in [1.807, 2.05) is 42.5 Å². The van der Waals surface area contributed by atoms with Crippen molar-refractivity contribution >= 4 is 23.2 Å². The van der Waals surface area contributed by atoms with Crippen LogP contribution in [0.4, 0.5) is 21.6 Å². The second kappa shape index (κ2) is 10.00. The Morgan fingerprint density at radius 2 is 1.81 bits per heavy atom. The van der Waals surface area contributed by atoms with Gasteiger partial charge in [0.05, 0.1) is 13.7 Å². The summed E-state index contributed by atoms with van der Waals surface area (Å²) in [5.74, 6) is 1.80. The van der Waals surface area contributed by atoms with E-state index in [0.717, 1.165) is 54.7 Å². The summed E-state index contributed by atoms with van der Waals surface area (Å²) in [5, 5.41) is 3.08. The quantitative estimate of drug-likeness (QED) is 0.457. The molecule has 2 heterocycles. The number of nitrogens with zero attached hydrogens (tertiary/aromatic N) is 4. The van der Waals surface area contributed by atoms with Crippen molar-refractivity contribution in [3.63, 3.8) is 0 Å². The topological polar surface area (TPSA) is 79.0 Å². The maximum absolute atomic E-state index is 13.2. The number of nitrogens with two attached hydrogens (primary N) is 1. The van der Waals surface area contributed by atoms with Crippen molar-refractivity contribution in [1.29, 1.82) is 0 Å². The summed E-state index contributed by atoms with van der Waals surface area (Å²) in [6, 6.07) is 18.2. The van der Waals surface area contributed by atoms with Crippen molar-refractivity contribution in [2.24, 2.45) is 10.7 Å². The van der Waals surface area contributed by atoms with Crippen LogP contribution in [0.25, 0.3) is 0 Å². The van der Waals surface area contributed by atoms with Crippen LogP contribution >= 0.6 is 0 Å². The zero-order valence-corrected chi connectivity index (χ0v) is 18.0. The van der Waals surface area contributed by atoms with Gasteiger partial charge in [-0.1, -0.05) is 6.07 Å². The van der Waals surface area contributed by atoms with Crippen molar-refractivity contribution in [2.75, 3.05) is 48.4 Å². The number of anilines is 3. The molecule has 0 atom stereocenters. The van der Waals surface area contributed by atoms with E-state index < -0.39 is 0 Å². The molecule has 0 bridgehead atoms. The molecule has 32 heavy (non-hydrogen) atoms. The van der Waals surface area contributed by atoms with Crippen LogP contribution in [0.3, 0.4) is 0 Å². The molecule has 1 aromatic heterocycles. The molecule has 0 amide bonds. The lowest BCUT2D eigenvalue weighted by molar-refractivity contribution is 0.415. The van der Waals surface area contributed by atoms with Gasteiger partial charge >= 0.3 is 0 Å². The molecule has 2 aromatic carbocycles. The summed E-state index contributed by atoms with van der Waals surface area (Å²) in [6.45, 7) is 3.85. The van der Waals surface area contributed by atoms with Crippen molar-refractivity contribution < 1.29 is 9.13 Å². The van der Waals surface area contributed by atoms with E-state index in [4.69, 9.17) is 10.5 Å². The van der Waals surface area contributed by atoms with Gasteiger partial charge in [-0.25, -0.2) is 14.4 Å². The summed E-state index contributed by atoms with van der Waals surface area (Å²) in [6.07, 6.45) is 1.80.